The number of thioether (sulfide) groups is 1. The van der Waals surface area contributed by atoms with Crippen LogP contribution in [0.4, 0.5) is 4.39 Å². The van der Waals surface area contributed by atoms with Crippen molar-refractivity contribution in [3.8, 4) is 0 Å². The van der Waals surface area contributed by atoms with Crippen molar-refractivity contribution in [1.82, 2.24) is 10.3 Å². The van der Waals surface area contributed by atoms with E-state index >= 15 is 0 Å². The number of halogens is 1. The second kappa shape index (κ2) is 7.03. The van der Waals surface area contributed by atoms with Crippen LogP contribution in [0.1, 0.15) is 21.8 Å². The van der Waals surface area contributed by atoms with E-state index < -0.39 is 0 Å². The Morgan fingerprint density at radius 2 is 2.16 bits per heavy atom. The maximum Gasteiger partial charge on any atom is 0.123 e. The zero-order valence-electron chi connectivity index (χ0n) is 11.1. The molecule has 1 heterocycles. The fraction of sp³-hybridized carbons (Fsp3) is 0.357. The Morgan fingerprint density at radius 3 is 2.84 bits per heavy atom. The lowest BCUT2D eigenvalue weighted by molar-refractivity contribution is 0.622. The molecule has 0 aliphatic heterocycles. The molecule has 0 unspecified atom stereocenters. The van der Waals surface area contributed by atoms with Gasteiger partial charge in [0, 0.05) is 24.2 Å². The minimum absolute atomic E-state index is 0.164. The number of nitrogens with one attached hydrogen (secondary N) is 1. The highest BCUT2D eigenvalue weighted by molar-refractivity contribution is 7.97. The summed E-state index contributed by atoms with van der Waals surface area (Å²) < 4.78 is 13.2. The SMILES string of the molecule is CSCc1cc(F)ccc1CNCc1csc(C)n1. The topological polar surface area (TPSA) is 24.9 Å². The Morgan fingerprint density at radius 1 is 1.32 bits per heavy atom. The van der Waals surface area contributed by atoms with Crippen molar-refractivity contribution < 1.29 is 4.39 Å². The van der Waals surface area contributed by atoms with Gasteiger partial charge in [-0.15, -0.1) is 11.3 Å². The first-order valence-corrected chi connectivity index (χ1v) is 8.34. The van der Waals surface area contributed by atoms with E-state index in [4.69, 9.17) is 0 Å². The summed E-state index contributed by atoms with van der Waals surface area (Å²) in [6, 6.07) is 5.01. The fourth-order valence-corrected chi connectivity index (χ4v) is 3.06. The minimum atomic E-state index is -0.164. The van der Waals surface area contributed by atoms with Crippen molar-refractivity contribution in [3.63, 3.8) is 0 Å². The van der Waals surface area contributed by atoms with Crippen LogP contribution in [0.25, 0.3) is 0 Å². The molecule has 1 aromatic carbocycles. The normalized spacial score (nSPS) is 10.9. The lowest BCUT2D eigenvalue weighted by Crippen LogP contribution is -2.14. The molecule has 102 valence electrons. The molecule has 0 radical (unpaired) electrons. The van der Waals surface area contributed by atoms with Crippen LogP contribution in [0.2, 0.25) is 0 Å². The molecule has 5 heteroatoms. The van der Waals surface area contributed by atoms with Crippen molar-refractivity contribution in [1.29, 1.82) is 0 Å². The fourth-order valence-electron chi connectivity index (χ4n) is 1.87. The number of benzene rings is 1. The first-order valence-electron chi connectivity index (χ1n) is 6.07. The number of hydrogen-bond acceptors (Lipinski definition) is 4. The van der Waals surface area contributed by atoms with E-state index in [1.54, 1.807) is 29.2 Å². The van der Waals surface area contributed by atoms with Gasteiger partial charge in [0.25, 0.3) is 0 Å². The largest absolute Gasteiger partial charge is 0.307 e. The number of nitrogens with zero attached hydrogens (tertiary/aromatic N) is 1. The average molecular weight is 296 g/mol. The predicted octanol–water partition coefficient (Wildman–Crippen LogP) is 3.74. The highest BCUT2D eigenvalue weighted by atomic mass is 32.2. The van der Waals surface area contributed by atoms with Gasteiger partial charge in [-0.1, -0.05) is 6.07 Å². The number of aromatic nitrogens is 1. The molecule has 0 saturated heterocycles. The number of thiazole rings is 1. The Bertz CT molecular complexity index is 540. The maximum absolute atomic E-state index is 13.2. The van der Waals surface area contributed by atoms with Crippen molar-refractivity contribution in [3.05, 3.63) is 51.2 Å². The van der Waals surface area contributed by atoms with Crippen LogP contribution in [-0.4, -0.2) is 11.2 Å². The molecule has 0 saturated carbocycles. The van der Waals surface area contributed by atoms with E-state index in [1.807, 2.05) is 19.2 Å². The van der Waals surface area contributed by atoms with Crippen molar-refractivity contribution in [2.24, 2.45) is 0 Å². The first-order chi connectivity index (χ1) is 9.19. The van der Waals surface area contributed by atoms with Gasteiger partial charge in [-0.3, -0.25) is 0 Å². The van der Waals surface area contributed by atoms with Crippen LogP contribution < -0.4 is 5.32 Å². The molecule has 0 bridgehead atoms. The van der Waals surface area contributed by atoms with Gasteiger partial charge in [-0.05, 0) is 36.4 Å². The molecule has 0 amide bonds. The molecule has 1 N–H and O–H groups in total. The van der Waals surface area contributed by atoms with Gasteiger partial charge in [0.1, 0.15) is 5.82 Å². The van der Waals surface area contributed by atoms with Crippen molar-refractivity contribution in [2.75, 3.05) is 6.26 Å². The van der Waals surface area contributed by atoms with E-state index in [2.05, 4.69) is 15.7 Å². The first kappa shape index (κ1) is 14.5. The molecule has 2 nitrogen and oxygen atoms in total. The monoisotopic (exact) mass is 296 g/mol. The molecule has 0 aliphatic carbocycles. The number of rotatable bonds is 6. The molecule has 0 fully saturated rings. The third-order valence-corrected chi connectivity index (χ3v) is 4.18. The quantitative estimate of drug-likeness (QED) is 0.879. The van der Waals surface area contributed by atoms with Crippen molar-refractivity contribution in [2.45, 2.75) is 25.8 Å². The third-order valence-electron chi connectivity index (χ3n) is 2.76. The zero-order chi connectivity index (χ0) is 13.7. The van der Waals surface area contributed by atoms with Crippen LogP contribution in [0.3, 0.4) is 0 Å². The number of aryl methyl sites for hydroxylation is 1. The molecule has 2 rings (SSSR count). The smallest absolute Gasteiger partial charge is 0.123 e. The van der Waals surface area contributed by atoms with Gasteiger partial charge >= 0.3 is 0 Å². The van der Waals surface area contributed by atoms with Crippen LogP contribution >= 0.6 is 23.1 Å². The summed E-state index contributed by atoms with van der Waals surface area (Å²) in [5.74, 6) is 0.674. The van der Waals surface area contributed by atoms with Crippen LogP contribution in [0.5, 0.6) is 0 Å². The van der Waals surface area contributed by atoms with Gasteiger partial charge in [-0.25, -0.2) is 9.37 Å². The summed E-state index contributed by atoms with van der Waals surface area (Å²) in [5, 5.41) is 6.51. The summed E-state index contributed by atoms with van der Waals surface area (Å²) >= 11 is 3.37. The van der Waals surface area contributed by atoms with Gasteiger partial charge in [0.2, 0.25) is 0 Å². The maximum atomic E-state index is 13.2. The Balaban J connectivity index is 1.95. The molecular formula is C14H17FN2S2. The summed E-state index contributed by atoms with van der Waals surface area (Å²) in [6.45, 7) is 3.50. The summed E-state index contributed by atoms with van der Waals surface area (Å²) in [6.07, 6.45) is 2.03. The number of hydrogen-bond donors (Lipinski definition) is 1. The van der Waals surface area contributed by atoms with E-state index in [0.717, 1.165) is 40.7 Å². The molecule has 0 atom stereocenters. The van der Waals surface area contributed by atoms with Gasteiger partial charge in [0.05, 0.1) is 10.7 Å². The summed E-state index contributed by atoms with van der Waals surface area (Å²) in [7, 11) is 0. The van der Waals surface area contributed by atoms with Crippen LogP contribution in [-0.2, 0) is 18.8 Å². The van der Waals surface area contributed by atoms with E-state index in [0.29, 0.717) is 0 Å². The Labute approximate surface area is 121 Å². The third kappa shape index (κ3) is 4.30. The summed E-state index contributed by atoms with van der Waals surface area (Å²) in [4.78, 5) is 4.41. The lowest BCUT2D eigenvalue weighted by Gasteiger charge is -2.09. The Kier molecular flexibility index (Phi) is 5.36. The summed E-state index contributed by atoms with van der Waals surface area (Å²) in [5.41, 5.74) is 3.29. The highest BCUT2D eigenvalue weighted by Gasteiger charge is 2.04. The predicted molar refractivity (Wildman–Crippen MR) is 81.0 cm³/mol. The molecule has 1 aromatic heterocycles. The second-order valence-corrected chi connectivity index (χ2v) is 6.24. The molecule has 0 aliphatic rings. The lowest BCUT2D eigenvalue weighted by atomic mass is 10.1. The van der Waals surface area contributed by atoms with Crippen LogP contribution in [0.15, 0.2) is 23.6 Å². The van der Waals surface area contributed by atoms with E-state index in [-0.39, 0.29) is 5.82 Å². The van der Waals surface area contributed by atoms with E-state index in [1.165, 1.54) is 6.07 Å². The molecule has 19 heavy (non-hydrogen) atoms. The standard InChI is InChI=1S/C14H17FN2S2/c1-10-17-14(9-19-10)7-16-6-11-3-4-13(15)5-12(11)8-18-2/h3-5,9,16H,6-8H2,1-2H3. The molecule has 0 spiro atoms. The van der Waals surface area contributed by atoms with Gasteiger partial charge < -0.3 is 5.32 Å². The van der Waals surface area contributed by atoms with Crippen molar-refractivity contribution >= 4 is 23.1 Å². The average Bonchev–Trinajstić information content (AvgIpc) is 2.78. The zero-order valence-corrected chi connectivity index (χ0v) is 12.7. The van der Waals surface area contributed by atoms with Gasteiger partial charge in [-0.2, -0.15) is 11.8 Å². The highest BCUT2D eigenvalue weighted by Crippen LogP contribution is 2.17. The van der Waals surface area contributed by atoms with Crippen LogP contribution in [0, 0.1) is 12.7 Å². The Hall–Kier alpha value is -0.910. The molecule has 2 aromatic rings. The van der Waals surface area contributed by atoms with E-state index in [9.17, 15) is 4.39 Å². The van der Waals surface area contributed by atoms with Gasteiger partial charge in [0.15, 0.2) is 0 Å². The molecular weight excluding hydrogens is 279 g/mol. The minimum Gasteiger partial charge on any atom is -0.307 e. The second-order valence-electron chi connectivity index (χ2n) is 4.31.